The summed E-state index contributed by atoms with van der Waals surface area (Å²) in [7, 11) is 0. The summed E-state index contributed by atoms with van der Waals surface area (Å²) in [5, 5.41) is 13.2. The molecule has 0 bridgehead atoms. The van der Waals surface area contributed by atoms with Crippen LogP contribution < -0.4 is 11.1 Å². The lowest BCUT2D eigenvalue weighted by Gasteiger charge is -2.12. The van der Waals surface area contributed by atoms with E-state index < -0.39 is 5.91 Å². The van der Waals surface area contributed by atoms with Gasteiger partial charge in [-0.1, -0.05) is 38.1 Å². The molecule has 0 aromatic heterocycles. The van der Waals surface area contributed by atoms with Crippen molar-refractivity contribution in [3.8, 4) is 16.9 Å². The van der Waals surface area contributed by atoms with E-state index >= 15 is 0 Å². The predicted molar refractivity (Wildman–Crippen MR) is 89.2 cm³/mol. The van der Waals surface area contributed by atoms with E-state index in [0.29, 0.717) is 29.2 Å². The van der Waals surface area contributed by atoms with Crippen molar-refractivity contribution in [3.05, 3.63) is 53.6 Å². The highest BCUT2D eigenvalue weighted by atomic mass is 16.3. The molecule has 0 saturated heterocycles. The molecule has 0 unspecified atom stereocenters. The summed E-state index contributed by atoms with van der Waals surface area (Å²) >= 11 is 0. The molecular weight excluding hydrogens is 292 g/mol. The van der Waals surface area contributed by atoms with Crippen LogP contribution >= 0.6 is 0 Å². The molecule has 0 aliphatic carbocycles. The fourth-order valence-electron chi connectivity index (χ4n) is 2.17. The molecule has 5 heteroatoms. The second-order valence-electron chi connectivity index (χ2n) is 5.75. The third kappa shape index (κ3) is 3.88. The molecule has 0 atom stereocenters. The molecule has 0 aliphatic heterocycles. The zero-order valence-electron chi connectivity index (χ0n) is 13.2. The Morgan fingerprint density at radius 3 is 2.35 bits per heavy atom. The van der Waals surface area contributed by atoms with Gasteiger partial charge in [0, 0.05) is 17.7 Å². The third-order valence-electron chi connectivity index (χ3n) is 3.43. The molecule has 0 spiro atoms. The summed E-state index contributed by atoms with van der Waals surface area (Å²) in [6.07, 6.45) is 0. The molecule has 0 saturated carbocycles. The average Bonchev–Trinajstić information content (AvgIpc) is 2.53. The highest BCUT2D eigenvalue weighted by Gasteiger charge is 2.15. The minimum atomic E-state index is -0.511. The molecule has 2 amide bonds. The van der Waals surface area contributed by atoms with Crippen molar-refractivity contribution in [2.24, 2.45) is 11.7 Å². The van der Waals surface area contributed by atoms with Crippen LogP contribution in [0, 0.1) is 5.92 Å². The van der Waals surface area contributed by atoms with Crippen LogP contribution in [0.15, 0.2) is 42.5 Å². The number of nitrogens with one attached hydrogen (secondary N) is 1. The Labute approximate surface area is 135 Å². The molecule has 2 aromatic carbocycles. The van der Waals surface area contributed by atoms with Gasteiger partial charge in [-0.3, -0.25) is 9.59 Å². The van der Waals surface area contributed by atoms with E-state index in [4.69, 9.17) is 5.73 Å². The number of carbonyl (C=O) groups is 2. The molecule has 0 aliphatic rings. The number of hydrogen-bond acceptors (Lipinski definition) is 3. The van der Waals surface area contributed by atoms with Gasteiger partial charge in [0.05, 0.1) is 5.56 Å². The second-order valence-corrected chi connectivity index (χ2v) is 5.75. The number of phenols is 1. The molecule has 0 fully saturated rings. The summed E-state index contributed by atoms with van der Waals surface area (Å²) < 4.78 is 0. The van der Waals surface area contributed by atoms with Crippen LogP contribution in [-0.4, -0.2) is 23.5 Å². The Kier molecular flexibility index (Phi) is 5.01. The summed E-state index contributed by atoms with van der Waals surface area (Å²) in [4.78, 5) is 23.3. The van der Waals surface area contributed by atoms with Gasteiger partial charge < -0.3 is 16.2 Å². The summed E-state index contributed by atoms with van der Waals surface area (Å²) in [5.74, 6) is -0.583. The predicted octanol–water partition coefficient (Wildman–Crippen LogP) is 2.54. The molecule has 0 heterocycles. The van der Waals surface area contributed by atoms with Gasteiger partial charge in [-0.2, -0.15) is 0 Å². The minimum Gasteiger partial charge on any atom is -0.506 e. The number of amides is 2. The quantitative estimate of drug-likeness (QED) is 0.792. The van der Waals surface area contributed by atoms with Crippen molar-refractivity contribution in [2.45, 2.75) is 13.8 Å². The van der Waals surface area contributed by atoms with Crippen LogP contribution in [0.3, 0.4) is 0 Å². The van der Waals surface area contributed by atoms with Crippen LogP contribution in [0.25, 0.3) is 11.1 Å². The lowest BCUT2D eigenvalue weighted by molar-refractivity contribution is 0.0945. The molecule has 2 aromatic rings. The first-order valence-electron chi connectivity index (χ1n) is 7.40. The number of aromatic hydroxyl groups is 1. The number of phenolic OH excluding ortho intramolecular Hbond substituents is 1. The van der Waals surface area contributed by atoms with Crippen LogP contribution in [-0.2, 0) is 0 Å². The molecular formula is C18H20N2O3. The highest BCUT2D eigenvalue weighted by Crippen LogP contribution is 2.32. The second kappa shape index (κ2) is 6.96. The maximum Gasteiger partial charge on any atom is 0.255 e. The summed E-state index contributed by atoms with van der Waals surface area (Å²) in [5.41, 5.74) is 7.05. The number of hydrogen-bond donors (Lipinski definition) is 3. The van der Waals surface area contributed by atoms with Crippen molar-refractivity contribution >= 4 is 11.8 Å². The number of primary amides is 1. The summed E-state index contributed by atoms with van der Waals surface area (Å²) in [6.45, 7) is 4.53. The van der Waals surface area contributed by atoms with Crippen LogP contribution in [0.1, 0.15) is 34.6 Å². The fourth-order valence-corrected chi connectivity index (χ4v) is 2.17. The van der Waals surface area contributed by atoms with E-state index in [1.807, 2.05) is 13.8 Å². The first-order valence-corrected chi connectivity index (χ1v) is 7.40. The van der Waals surface area contributed by atoms with Crippen LogP contribution in [0.2, 0.25) is 0 Å². The normalized spacial score (nSPS) is 10.6. The first kappa shape index (κ1) is 16.5. The third-order valence-corrected chi connectivity index (χ3v) is 3.43. The van der Waals surface area contributed by atoms with Gasteiger partial charge in [0.1, 0.15) is 5.75 Å². The minimum absolute atomic E-state index is 0.0828. The van der Waals surface area contributed by atoms with E-state index in [9.17, 15) is 14.7 Å². The Balaban J connectivity index is 2.32. The van der Waals surface area contributed by atoms with E-state index in [-0.39, 0.29) is 17.2 Å². The maximum absolute atomic E-state index is 12.2. The zero-order chi connectivity index (χ0) is 17.0. The van der Waals surface area contributed by atoms with E-state index in [1.165, 1.54) is 0 Å². The maximum atomic E-state index is 12.2. The van der Waals surface area contributed by atoms with E-state index in [2.05, 4.69) is 5.32 Å². The Bertz CT molecular complexity index is 722. The Morgan fingerprint density at radius 1 is 1.13 bits per heavy atom. The lowest BCUT2D eigenvalue weighted by Crippen LogP contribution is -2.27. The molecule has 0 radical (unpaired) electrons. The van der Waals surface area contributed by atoms with Crippen molar-refractivity contribution < 1.29 is 14.7 Å². The lowest BCUT2D eigenvalue weighted by atomic mass is 9.99. The molecule has 2 rings (SSSR count). The number of carbonyl (C=O) groups excluding carboxylic acids is 2. The number of para-hydroxylation sites is 1. The van der Waals surface area contributed by atoms with Crippen molar-refractivity contribution in [1.29, 1.82) is 0 Å². The largest absolute Gasteiger partial charge is 0.506 e. The van der Waals surface area contributed by atoms with E-state index in [0.717, 1.165) is 0 Å². The topological polar surface area (TPSA) is 92.4 Å². The number of rotatable bonds is 5. The van der Waals surface area contributed by atoms with E-state index in [1.54, 1.807) is 42.5 Å². The van der Waals surface area contributed by atoms with Gasteiger partial charge in [-0.15, -0.1) is 0 Å². The van der Waals surface area contributed by atoms with Gasteiger partial charge in [0.2, 0.25) is 5.91 Å². The average molecular weight is 312 g/mol. The zero-order valence-corrected chi connectivity index (χ0v) is 13.2. The fraction of sp³-hybridized carbons (Fsp3) is 0.222. The van der Waals surface area contributed by atoms with Gasteiger partial charge in [0.25, 0.3) is 5.91 Å². The molecule has 23 heavy (non-hydrogen) atoms. The van der Waals surface area contributed by atoms with Crippen molar-refractivity contribution in [3.63, 3.8) is 0 Å². The Morgan fingerprint density at radius 2 is 1.78 bits per heavy atom. The number of benzene rings is 2. The van der Waals surface area contributed by atoms with Gasteiger partial charge in [-0.05, 0) is 29.7 Å². The van der Waals surface area contributed by atoms with Gasteiger partial charge in [0.15, 0.2) is 0 Å². The molecule has 4 N–H and O–H groups in total. The first-order chi connectivity index (χ1) is 10.9. The standard InChI is InChI=1S/C18H20N2O3/c1-11(2)10-20-18(23)15-5-3-4-14(16(15)21)12-6-8-13(9-7-12)17(19)22/h3-9,11,21H,10H2,1-2H3,(H2,19,22)(H,20,23). The van der Waals surface area contributed by atoms with Crippen molar-refractivity contribution in [1.82, 2.24) is 5.32 Å². The van der Waals surface area contributed by atoms with Crippen LogP contribution in [0.5, 0.6) is 5.75 Å². The van der Waals surface area contributed by atoms with Crippen LogP contribution in [0.4, 0.5) is 0 Å². The molecule has 120 valence electrons. The van der Waals surface area contributed by atoms with Gasteiger partial charge in [-0.25, -0.2) is 0 Å². The Hall–Kier alpha value is -2.82. The van der Waals surface area contributed by atoms with Gasteiger partial charge >= 0.3 is 0 Å². The monoisotopic (exact) mass is 312 g/mol. The highest BCUT2D eigenvalue weighted by molar-refractivity contribution is 5.99. The van der Waals surface area contributed by atoms with Crippen molar-refractivity contribution in [2.75, 3.05) is 6.54 Å². The summed E-state index contributed by atoms with van der Waals surface area (Å²) in [6, 6.07) is 11.5. The molecule has 5 nitrogen and oxygen atoms in total. The number of nitrogens with two attached hydrogens (primary N) is 1. The smallest absolute Gasteiger partial charge is 0.255 e. The SMILES string of the molecule is CC(C)CNC(=O)c1cccc(-c2ccc(C(N)=O)cc2)c1O.